The van der Waals surface area contributed by atoms with Gasteiger partial charge in [-0.05, 0) is 65.8 Å². The molecule has 0 bridgehead atoms. The first kappa shape index (κ1) is 20.6. The number of hydrogen-bond donors (Lipinski definition) is 2. The minimum atomic E-state index is 0.405. The lowest BCUT2D eigenvalue weighted by Crippen LogP contribution is -2.23. The van der Waals surface area contributed by atoms with Crippen molar-refractivity contribution in [2.45, 2.75) is 6.61 Å². The van der Waals surface area contributed by atoms with E-state index in [1.807, 2.05) is 72.8 Å². The molecule has 0 aliphatic carbocycles. The molecule has 0 aliphatic rings. The third-order valence-electron chi connectivity index (χ3n) is 3.91. The Bertz CT molecular complexity index is 979. The lowest BCUT2D eigenvalue weighted by atomic mass is 10.2. The number of hydrogen-bond acceptors (Lipinski definition) is 4. The molecule has 0 radical (unpaired) electrons. The number of nitrogens with zero attached hydrogens (tertiary/aromatic N) is 1. The monoisotopic (exact) mass is 425 g/mol. The van der Waals surface area contributed by atoms with Gasteiger partial charge in [0, 0.05) is 10.7 Å². The first-order valence-corrected chi connectivity index (χ1v) is 9.63. The van der Waals surface area contributed by atoms with Crippen molar-refractivity contribution in [1.82, 2.24) is 5.43 Å². The minimum absolute atomic E-state index is 0.405. The fourth-order valence-corrected chi connectivity index (χ4v) is 2.77. The van der Waals surface area contributed by atoms with Crippen molar-refractivity contribution in [1.29, 1.82) is 0 Å². The van der Waals surface area contributed by atoms with Gasteiger partial charge in [-0.3, -0.25) is 5.43 Å². The molecule has 29 heavy (non-hydrogen) atoms. The second kappa shape index (κ2) is 10.5. The summed E-state index contributed by atoms with van der Waals surface area (Å²) in [6.07, 6.45) is 1.66. The van der Waals surface area contributed by atoms with E-state index in [4.69, 9.17) is 33.3 Å². The lowest BCUT2D eigenvalue weighted by Gasteiger charge is -2.11. The summed E-state index contributed by atoms with van der Waals surface area (Å²) in [6, 6.07) is 22.7. The van der Waals surface area contributed by atoms with Crippen LogP contribution in [0.15, 0.2) is 77.9 Å². The highest BCUT2D eigenvalue weighted by Gasteiger charge is 2.06. The average molecular weight is 426 g/mol. The molecule has 0 saturated heterocycles. The first-order valence-electron chi connectivity index (χ1n) is 8.84. The van der Waals surface area contributed by atoms with E-state index in [2.05, 4.69) is 15.8 Å². The summed E-state index contributed by atoms with van der Waals surface area (Å²) >= 11 is 11.1. The molecule has 7 heteroatoms. The zero-order valence-electron chi connectivity index (χ0n) is 15.8. The maximum Gasteiger partial charge on any atom is 0.191 e. The Morgan fingerprint density at radius 2 is 1.79 bits per heavy atom. The van der Waals surface area contributed by atoms with Gasteiger partial charge in [0.2, 0.25) is 0 Å². The predicted molar refractivity (Wildman–Crippen MR) is 122 cm³/mol. The highest BCUT2D eigenvalue weighted by atomic mass is 35.5. The van der Waals surface area contributed by atoms with Crippen LogP contribution < -0.4 is 20.2 Å². The van der Waals surface area contributed by atoms with Gasteiger partial charge in [-0.15, -0.1) is 0 Å². The summed E-state index contributed by atoms with van der Waals surface area (Å²) in [5.74, 6) is 1.27. The quantitative estimate of drug-likeness (QED) is 0.307. The molecule has 0 amide bonds. The fourth-order valence-electron chi connectivity index (χ4n) is 2.47. The van der Waals surface area contributed by atoms with E-state index in [9.17, 15) is 0 Å². The molecule has 5 nitrogen and oxygen atoms in total. The Morgan fingerprint density at radius 1 is 1.03 bits per heavy atom. The molecule has 0 aliphatic heterocycles. The smallest absolute Gasteiger partial charge is 0.191 e. The maximum atomic E-state index is 5.91. The summed E-state index contributed by atoms with van der Waals surface area (Å²) < 4.78 is 11.3. The van der Waals surface area contributed by atoms with Crippen molar-refractivity contribution < 1.29 is 9.47 Å². The first-order chi connectivity index (χ1) is 14.1. The molecule has 2 N–H and O–H groups in total. The van der Waals surface area contributed by atoms with Gasteiger partial charge < -0.3 is 14.8 Å². The second-order valence-corrected chi connectivity index (χ2v) is 6.86. The Balaban J connectivity index is 1.56. The van der Waals surface area contributed by atoms with Crippen LogP contribution in [0.2, 0.25) is 5.02 Å². The van der Waals surface area contributed by atoms with Crippen molar-refractivity contribution in [3.05, 3.63) is 88.9 Å². The van der Waals surface area contributed by atoms with Gasteiger partial charge in [-0.2, -0.15) is 5.10 Å². The number of anilines is 1. The molecule has 0 aromatic heterocycles. The SMILES string of the molecule is COc1cc(C=NNC(=S)Nc2ccccc2)ccc1OCc1ccc(Cl)cc1. The summed E-state index contributed by atoms with van der Waals surface area (Å²) in [5.41, 5.74) is 5.54. The minimum Gasteiger partial charge on any atom is -0.493 e. The highest BCUT2D eigenvalue weighted by molar-refractivity contribution is 7.80. The van der Waals surface area contributed by atoms with E-state index >= 15 is 0 Å². The fraction of sp³-hybridized carbons (Fsp3) is 0.0909. The lowest BCUT2D eigenvalue weighted by molar-refractivity contribution is 0.284. The van der Waals surface area contributed by atoms with Gasteiger partial charge >= 0.3 is 0 Å². The second-order valence-electron chi connectivity index (χ2n) is 6.02. The molecule has 0 fully saturated rings. The van der Waals surface area contributed by atoms with Crippen molar-refractivity contribution >= 4 is 40.8 Å². The highest BCUT2D eigenvalue weighted by Crippen LogP contribution is 2.28. The number of ether oxygens (including phenoxy) is 2. The Morgan fingerprint density at radius 3 is 2.52 bits per heavy atom. The third-order valence-corrected chi connectivity index (χ3v) is 4.35. The van der Waals surface area contributed by atoms with Crippen LogP contribution >= 0.6 is 23.8 Å². The summed E-state index contributed by atoms with van der Waals surface area (Å²) in [6.45, 7) is 0.419. The number of thiocarbonyl (C=S) groups is 1. The van der Waals surface area contributed by atoms with Gasteiger partial charge in [-0.1, -0.05) is 41.9 Å². The zero-order chi connectivity index (χ0) is 20.5. The van der Waals surface area contributed by atoms with E-state index in [0.717, 1.165) is 16.8 Å². The molecule has 0 spiro atoms. The van der Waals surface area contributed by atoms with Gasteiger partial charge in [0.05, 0.1) is 13.3 Å². The molecule has 3 aromatic rings. The molecular weight excluding hydrogens is 406 g/mol. The third kappa shape index (κ3) is 6.48. The van der Waals surface area contributed by atoms with Crippen molar-refractivity contribution in [2.75, 3.05) is 12.4 Å². The van der Waals surface area contributed by atoms with Crippen molar-refractivity contribution in [2.24, 2.45) is 5.10 Å². The molecular formula is C22H20ClN3O2S. The largest absolute Gasteiger partial charge is 0.493 e. The number of para-hydroxylation sites is 1. The number of methoxy groups -OCH3 is 1. The van der Waals surface area contributed by atoms with Crippen LogP contribution in [0.3, 0.4) is 0 Å². The summed E-state index contributed by atoms with van der Waals surface area (Å²) in [7, 11) is 1.60. The predicted octanol–water partition coefficient (Wildman–Crippen LogP) is 5.25. The van der Waals surface area contributed by atoms with E-state index in [0.29, 0.717) is 28.2 Å². The van der Waals surface area contributed by atoms with E-state index < -0.39 is 0 Å². The molecule has 0 atom stereocenters. The van der Waals surface area contributed by atoms with Crippen LogP contribution in [0, 0.1) is 0 Å². The number of hydrazone groups is 1. The van der Waals surface area contributed by atoms with Crippen molar-refractivity contribution in [3.63, 3.8) is 0 Å². The average Bonchev–Trinajstić information content (AvgIpc) is 2.74. The van der Waals surface area contributed by atoms with Crippen LogP contribution in [-0.4, -0.2) is 18.4 Å². The van der Waals surface area contributed by atoms with E-state index in [1.54, 1.807) is 13.3 Å². The van der Waals surface area contributed by atoms with Crippen LogP contribution in [0.5, 0.6) is 11.5 Å². The summed E-state index contributed by atoms with van der Waals surface area (Å²) in [4.78, 5) is 0. The Kier molecular flexibility index (Phi) is 7.44. The molecule has 148 valence electrons. The Labute approximate surface area is 180 Å². The Hall–Kier alpha value is -3.09. The maximum absolute atomic E-state index is 5.91. The zero-order valence-corrected chi connectivity index (χ0v) is 17.3. The van der Waals surface area contributed by atoms with Gasteiger partial charge in [0.15, 0.2) is 16.6 Å². The van der Waals surface area contributed by atoms with Crippen LogP contribution in [0.1, 0.15) is 11.1 Å². The standard InChI is InChI=1S/C22H20ClN3O2S/c1-27-21-13-17(14-24-26-22(29)25-19-5-3-2-4-6-19)9-12-20(21)28-15-16-7-10-18(23)11-8-16/h2-14H,15H2,1H3,(H2,25,26,29). The summed E-state index contributed by atoms with van der Waals surface area (Å²) in [5, 5.41) is 8.31. The van der Waals surface area contributed by atoms with Gasteiger partial charge in [0.1, 0.15) is 6.61 Å². The van der Waals surface area contributed by atoms with Crippen LogP contribution in [-0.2, 0) is 6.61 Å². The molecule has 3 aromatic carbocycles. The number of nitrogens with one attached hydrogen (secondary N) is 2. The van der Waals surface area contributed by atoms with Gasteiger partial charge in [-0.25, -0.2) is 0 Å². The number of benzene rings is 3. The molecule has 0 saturated carbocycles. The number of rotatable bonds is 7. The topological polar surface area (TPSA) is 54.9 Å². The number of halogens is 1. The molecule has 0 unspecified atom stereocenters. The molecule has 3 rings (SSSR count). The normalized spacial score (nSPS) is 10.6. The van der Waals surface area contributed by atoms with E-state index in [1.165, 1.54) is 0 Å². The van der Waals surface area contributed by atoms with E-state index in [-0.39, 0.29) is 0 Å². The van der Waals surface area contributed by atoms with Crippen LogP contribution in [0.4, 0.5) is 5.69 Å². The van der Waals surface area contributed by atoms with Crippen LogP contribution in [0.25, 0.3) is 0 Å². The van der Waals surface area contributed by atoms with Gasteiger partial charge in [0.25, 0.3) is 0 Å². The van der Waals surface area contributed by atoms with Crippen molar-refractivity contribution in [3.8, 4) is 11.5 Å². The molecule has 0 heterocycles.